The van der Waals surface area contributed by atoms with Crippen molar-refractivity contribution >= 4 is 29.5 Å². The molecule has 0 bridgehead atoms. The maximum atomic E-state index is 12.0. The molecule has 0 atom stereocenters. The normalized spacial score (nSPS) is 10.0. The molecule has 2 aromatic rings. The van der Waals surface area contributed by atoms with E-state index < -0.39 is 29.4 Å². The first kappa shape index (κ1) is 20.4. The van der Waals surface area contributed by atoms with Crippen molar-refractivity contribution in [2.75, 3.05) is 12.4 Å². The van der Waals surface area contributed by atoms with E-state index in [1.165, 1.54) is 13.2 Å². The lowest BCUT2D eigenvalue weighted by Crippen LogP contribution is -2.14. The molecule has 9 nitrogen and oxygen atoms in total. The third-order valence-corrected chi connectivity index (χ3v) is 3.62. The molecule has 0 heterocycles. The van der Waals surface area contributed by atoms with E-state index in [4.69, 9.17) is 9.84 Å². The van der Waals surface area contributed by atoms with E-state index in [-0.39, 0.29) is 29.9 Å². The number of benzene rings is 2. The number of hydrogen-bond donors (Lipinski definition) is 3. The fourth-order valence-corrected chi connectivity index (χ4v) is 2.27. The summed E-state index contributed by atoms with van der Waals surface area (Å²) in [6.45, 7) is 0. The molecule has 3 N–H and O–H groups in total. The number of para-hydroxylation sites is 2. The molecule has 0 aliphatic carbocycles. The first-order chi connectivity index (χ1) is 13.3. The molecule has 1 amide bonds. The van der Waals surface area contributed by atoms with Gasteiger partial charge in [0.25, 0.3) is 0 Å². The van der Waals surface area contributed by atoms with Crippen molar-refractivity contribution in [3.8, 4) is 11.5 Å². The Morgan fingerprint density at radius 1 is 0.929 bits per heavy atom. The van der Waals surface area contributed by atoms with E-state index >= 15 is 0 Å². The summed E-state index contributed by atoms with van der Waals surface area (Å²) in [5, 5.41) is 20.8. The quantitative estimate of drug-likeness (QED) is 0.588. The van der Waals surface area contributed by atoms with Crippen molar-refractivity contribution in [1.82, 2.24) is 0 Å². The van der Waals surface area contributed by atoms with E-state index in [1.54, 1.807) is 24.3 Å². The van der Waals surface area contributed by atoms with Crippen molar-refractivity contribution in [3.05, 3.63) is 53.6 Å². The average molecular weight is 387 g/mol. The molecule has 2 aromatic carbocycles. The van der Waals surface area contributed by atoms with E-state index in [1.807, 2.05) is 0 Å². The predicted molar refractivity (Wildman–Crippen MR) is 96.8 cm³/mol. The highest BCUT2D eigenvalue weighted by atomic mass is 16.5. The van der Waals surface area contributed by atoms with E-state index in [2.05, 4.69) is 10.1 Å². The Labute approximate surface area is 159 Å². The van der Waals surface area contributed by atoms with Crippen LogP contribution in [0.3, 0.4) is 0 Å². The van der Waals surface area contributed by atoms with Crippen molar-refractivity contribution < 1.29 is 38.9 Å². The summed E-state index contributed by atoms with van der Waals surface area (Å²) in [5.41, 5.74) is -0.495. The second-order valence-corrected chi connectivity index (χ2v) is 5.54. The number of carbonyl (C=O) groups is 4. The van der Waals surface area contributed by atoms with Gasteiger partial charge in [-0.2, -0.15) is 0 Å². The van der Waals surface area contributed by atoms with Crippen LogP contribution in [-0.2, 0) is 14.3 Å². The Morgan fingerprint density at radius 2 is 1.61 bits per heavy atom. The number of ether oxygens (including phenoxy) is 2. The smallest absolute Gasteiger partial charge is 0.336 e. The number of nitrogens with one attached hydrogen (secondary N) is 1. The highest BCUT2D eigenvalue weighted by molar-refractivity contribution is 6.02. The zero-order valence-electron chi connectivity index (χ0n) is 14.8. The zero-order chi connectivity index (χ0) is 20.7. The molecule has 146 valence electrons. The summed E-state index contributed by atoms with van der Waals surface area (Å²) in [6.07, 6.45) is -0.165. The molecule has 28 heavy (non-hydrogen) atoms. The van der Waals surface area contributed by atoms with Gasteiger partial charge in [-0.25, -0.2) is 9.59 Å². The number of amides is 1. The minimum absolute atomic E-state index is 0.0794. The van der Waals surface area contributed by atoms with Crippen LogP contribution in [0.5, 0.6) is 11.5 Å². The van der Waals surface area contributed by atoms with Crippen LogP contribution >= 0.6 is 0 Å². The largest absolute Gasteiger partial charge is 0.478 e. The first-order valence-corrected chi connectivity index (χ1v) is 8.06. The Balaban J connectivity index is 2.20. The van der Waals surface area contributed by atoms with Crippen molar-refractivity contribution in [2.24, 2.45) is 0 Å². The summed E-state index contributed by atoms with van der Waals surface area (Å²) in [5.74, 6) is -3.44. The lowest BCUT2D eigenvalue weighted by molar-refractivity contribution is -0.141. The topological polar surface area (TPSA) is 139 Å². The van der Waals surface area contributed by atoms with Crippen LogP contribution in [0, 0.1) is 0 Å². The van der Waals surface area contributed by atoms with Gasteiger partial charge in [0, 0.05) is 6.42 Å². The molecule has 0 unspecified atom stereocenters. The minimum Gasteiger partial charge on any atom is -0.478 e. The maximum absolute atomic E-state index is 12.0. The van der Waals surface area contributed by atoms with Crippen molar-refractivity contribution in [3.63, 3.8) is 0 Å². The number of anilines is 1. The molecular formula is C19H17NO8. The van der Waals surface area contributed by atoms with Crippen molar-refractivity contribution in [2.45, 2.75) is 12.8 Å². The predicted octanol–water partition coefficient (Wildman–Crippen LogP) is 2.77. The van der Waals surface area contributed by atoms with Gasteiger partial charge in [-0.05, 0) is 30.3 Å². The molecule has 0 aromatic heterocycles. The summed E-state index contributed by atoms with van der Waals surface area (Å²) in [7, 11) is 1.23. The molecule has 0 saturated heterocycles. The monoisotopic (exact) mass is 387 g/mol. The Kier molecular flexibility index (Phi) is 6.69. The SMILES string of the molecule is COC(=O)CCC(=O)Nc1ccccc1Oc1ccc(C(=O)O)c(C(=O)O)c1. The third-order valence-electron chi connectivity index (χ3n) is 3.62. The number of hydrogen-bond acceptors (Lipinski definition) is 6. The van der Waals surface area contributed by atoms with Crippen LogP contribution in [0.4, 0.5) is 5.69 Å². The molecule has 0 fully saturated rings. The second kappa shape index (κ2) is 9.17. The van der Waals surface area contributed by atoms with Gasteiger partial charge in [-0.3, -0.25) is 9.59 Å². The highest BCUT2D eigenvalue weighted by Crippen LogP contribution is 2.30. The average Bonchev–Trinajstić information content (AvgIpc) is 2.67. The second-order valence-electron chi connectivity index (χ2n) is 5.54. The Morgan fingerprint density at radius 3 is 2.25 bits per heavy atom. The van der Waals surface area contributed by atoms with E-state index in [0.717, 1.165) is 12.1 Å². The summed E-state index contributed by atoms with van der Waals surface area (Å²) >= 11 is 0. The number of carboxylic acid groups (broad SMARTS) is 2. The zero-order valence-corrected chi connectivity index (χ0v) is 14.8. The van der Waals surface area contributed by atoms with Gasteiger partial charge in [0.2, 0.25) is 5.91 Å². The van der Waals surface area contributed by atoms with Gasteiger partial charge in [-0.15, -0.1) is 0 Å². The van der Waals surface area contributed by atoms with Crippen LogP contribution in [-0.4, -0.2) is 41.1 Å². The molecule has 0 aliphatic heterocycles. The van der Waals surface area contributed by atoms with Gasteiger partial charge in [0.15, 0.2) is 5.75 Å². The molecule has 0 radical (unpaired) electrons. The standard InChI is InChI=1S/C19H17NO8/c1-27-17(22)9-8-16(21)20-14-4-2-3-5-15(14)28-11-6-7-12(18(23)24)13(10-11)19(25)26/h2-7,10H,8-9H2,1H3,(H,20,21)(H,23,24)(H,25,26). The first-order valence-electron chi connectivity index (χ1n) is 8.06. The molecule has 9 heteroatoms. The summed E-state index contributed by atoms with van der Waals surface area (Å²) in [4.78, 5) is 45.5. The van der Waals surface area contributed by atoms with Crippen LogP contribution in [0.25, 0.3) is 0 Å². The Hall–Kier alpha value is -3.88. The molecular weight excluding hydrogens is 370 g/mol. The highest BCUT2D eigenvalue weighted by Gasteiger charge is 2.18. The Bertz CT molecular complexity index is 922. The molecule has 0 aliphatic rings. The van der Waals surface area contributed by atoms with Crippen LogP contribution in [0.15, 0.2) is 42.5 Å². The van der Waals surface area contributed by atoms with Crippen LogP contribution < -0.4 is 10.1 Å². The van der Waals surface area contributed by atoms with Crippen LogP contribution in [0.1, 0.15) is 33.6 Å². The maximum Gasteiger partial charge on any atom is 0.336 e. The summed E-state index contributed by atoms with van der Waals surface area (Å²) < 4.78 is 10.1. The fraction of sp³-hybridized carbons (Fsp3) is 0.158. The van der Waals surface area contributed by atoms with Gasteiger partial charge in [-0.1, -0.05) is 12.1 Å². The lowest BCUT2D eigenvalue weighted by atomic mass is 10.1. The van der Waals surface area contributed by atoms with Gasteiger partial charge in [0.05, 0.1) is 30.3 Å². The summed E-state index contributed by atoms with van der Waals surface area (Å²) in [6, 6.07) is 9.92. The third kappa shape index (κ3) is 5.31. The van der Waals surface area contributed by atoms with Crippen molar-refractivity contribution in [1.29, 1.82) is 0 Å². The number of aromatic carboxylic acids is 2. The van der Waals surface area contributed by atoms with Gasteiger partial charge in [0.1, 0.15) is 5.75 Å². The number of methoxy groups -OCH3 is 1. The number of rotatable bonds is 8. The number of esters is 1. The number of carbonyl (C=O) groups excluding carboxylic acids is 2. The number of carboxylic acids is 2. The fourth-order valence-electron chi connectivity index (χ4n) is 2.27. The minimum atomic E-state index is -1.41. The molecule has 0 spiro atoms. The van der Waals surface area contributed by atoms with Gasteiger partial charge >= 0.3 is 17.9 Å². The molecule has 0 saturated carbocycles. The van der Waals surface area contributed by atoms with E-state index in [9.17, 15) is 24.3 Å². The van der Waals surface area contributed by atoms with Gasteiger partial charge < -0.3 is 25.0 Å². The molecule has 2 rings (SSSR count). The van der Waals surface area contributed by atoms with Crippen LogP contribution in [0.2, 0.25) is 0 Å². The lowest BCUT2D eigenvalue weighted by Gasteiger charge is -2.13. The van der Waals surface area contributed by atoms with E-state index in [0.29, 0.717) is 5.69 Å².